The van der Waals surface area contributed by atoms with Gasteiger partial charge < -0.3 is 15.5 Å². The number of thioether (sulfide) groups is 1. The third kappa shape index (κ3) is 5.36. The molecule has 0 spiro atoms. The lowest BCUT2D eigenvalue weighted by molar-refractivity contribution is 0.201. The topological polar surface area (TPSA) is 117 Å². The molecular formula is C23H23N7OS2. The number of aromatic nitrogens is 1. The van der Waals surface area contributed by atoms with Crippen molar-refractivity contribution in [2.45, 2.75) is 19.3 Å². The quantitative estimate of drug-likeness (QED) is 0.655. The Morgan fingerprint density at radius 2 is 1.94 bits per heavy atom. The molecule has 1 unspecified atom stereocenters. The molecule has 33 heavy (non-hydrogen) atoms. The first-order valence-electron chi connectivity index (χ1n) is 10.4. The fraction of sp³-hybridized carbons (Fsp3) is 0.304. The van der Waals surface area contributed by atoms with Gasteiger partial charge in [-0.1, -0.05) is 34.6 Å². The molecule has 0 bridgehead atoms. The van der Waals surface area contributed by atoms with E-state index in [-0.39, 0.29) is 22.2 Å². The molecule has 2 aromatic rings. The standard InChI is InChI=1S/C23H23N7OS2/c1-15-10-19(11-16(2)27-15)21-20(18-5-3-4-17(12-18)13-24)28-22(32-21)29-23(31)30-6-8-33(9-7-30)26-14-25/h3-5,10-12,22,28H,6-9H2,1-2H3,(H,29,31). The van der Waals surface area contributed by atoms with Crippen LogP contribution in [-0.2, 0) is 10.7 Å². The number of nitriles is 2. The minimum Gasteiger partial charge on any atom is -0.355 e. The van der Waals surface area contributed by atoms with E-state index in [1.807, 2.05) is 50.4 Å². The van der Waals surface area contributed by atoms with E-state index in [4.69, 9.17) is 5.26 Å². The molecule has 10 heteroatoms. The first-order chi connectivity index (χ1) is 16.0. The van der Waals surface area contributed by atoms with Gasteiger partial charge in [0, 0.05) is 46.5 Å². The largest absolute Gasteiger partial charge is 0.355 e. The van der Waals surface area contributed by atoms with Crippen molar-refractivity contribution in [2.24, 2.45) is 4.36 Å². The van der Waals surface area contributed by atoms with Gasteiger partial charge in [0.15, 0.2) is 5.50 Å². The molecule has 1 saturated heterocycles. The van der Waals surface area contributed by atoms with Gasteiger partial charge in [0.05, 0.1) is 17.3 Å². The maximum atomic E-state index is 12.9. The van der Waals surface area contributed by atoms with Gasteiger partial charge in [-0.2, -0.15) is 14.9 Å². The molecule has 1 aromatic carbocycles. The monoisotopic (exact) mass is 477 g/mol. The lowest BCUT2D eigenvalue weighted by atomic mass is 10.1. The summed E-state index contributed by atoms with van der Waals surface area (Å²) in [5, 5.41) is 24.6. The Morgan fingerprint density at radius 1 is 1.21 bits per heavy atom. The summed E-state index contributed by atoms with van der Waals surface area (Å²) in [4.78, 5) is 20.2. The predicted octanol–water partition coefficient (Wildman–Crippen LogP) is 3.32. The van der Waals surface area contributed by atoms with Crippen LogP contribution in [-0.4, -0.2) is 46.0 Å². The molecule has 2 aliphatic rings. The Morgan fingerprint density at radius 3 is 2.61 bits per heavy atom. The zero-order valence-electron chi connectivity index (χ0n) is 18.3. The van der Waals surface area contributed by atoms with E-state index in [2.05, 4.69) is 26.0 Å². The van der Waals surface area contributed by atoms with E-state index < -0.39 is 0 Å². The molecule has 168 valence electrons. The first-order valence-corrected chi connectivity index (χ1v) is 12.8. The minimum atomic E-state index is -0.356. The SMILES string of the molecule is Cc1cc(C2=C(c3cccc(C#N)c3)NC(NC(=O)N3CCS(=NC#N)CC3)S2)cc(C)n1. The second-order valence-electron chi connectivity index (χ2n) is 7.68. The Labute approximate surface area is 199 Å². The van der Waals surface area contributed by atoms with Crippen molar-refractivity contribution in [2.75, 3.05) is 24.6 Å². The number of benzene rings is 1. The maximum Gasteiger partial charge on any atom is 0.319 e. The van der Waals surface area contributed by atoms with Gasteiger partial charge in [0.1, 0.15) is 0 Å². The summed E-state index contributed by atoms with van der Waals surface area (Å²) in [6.45, 7) is 5.08. The van der Waals surface area contributed by atoms with Gasteiger partial charge in [-0.25, -0.2) is 4.79 Å². The molecule has 3 heterocycles. The summed E-state index contributed by atoms with van der Waals surface area (Å²) in [7, 11) is -0.274. The fourth-order valence-electron chi connectivity index (χ4n) is 3.81. The fourth-order valence-corrected chi connectivity index (χ4v) is 6.29. The predicted molar refractivity (Wildman–Crippen MR) is 131 cm³/mol. The summed E-state index contributed by atoms with van der Waals surface area (Å²) < 4.78 is 3.92. The Balaban J connectivity index is 1.56. The van der Waals surface area contributed by atoms with E-state index in [1.165, 1.54) is 11.8 Å². The van der Waals surface area contributed by atoms with Crippen LogP contribution in [0.1, 0.15) is 28.1 Å². The van der Waals surface area contributed by atoms with Crippen molar-refractivity contribution in [3.8, 4) is 12.3 Å². The molecule has 0 radical (unpaired) electrons. The van der Waals surface area contributed by atoms with Crippen LogP contribution in [0.5, 0.6) is 0 Å². The van der Waals surface area contributed by atoms with E-state index in [1.54, 1.807) is 11.0 Å². The number of hydrogen-bond donors (Lipinski definition) is 2. The number of hydrogen-bond acceptors (Lipinski definition) is 7. The third-order valence-electron chi connectivity index (χ3n) is 5.27. The van der Waals surface area contributed by atoms with E-state index >= 15 is 0 Å². The highest BCUT2D eigenvalue weighted by molar-refractivity contribution is 8.09. The van der Waals surface area contributed by atoms with Crippen LogP contribution in [0.4, 0.5) is 4.79 Å². The van der Waals surface area contributed by atoms with E-state index in [0.717, 1.165) is 44.6 Å². The second-order valence-corrected chi connectivity index (χ2v) is 10.7. The lowest BCUT2D eigenvalue weighted by Crippen LogP contribution is -2.51. The van der Waals surface area contributed by atoms with Crippen molar-refractivity contribution in [3.05, 3.63) is 64.5 Å². The van der Waals surface area contributed by atoms with Gasteiger partial charge in [0.25, 0.3) is 0 Å². The van der Waals surface area contributed by atoms with Crippen molar-refractivity contribution < 1.29 is 4.79 Å². The number of aryl methyl sites for hydroxylation is 2. The molecule has 8 nitrogen and oxygen atoms in total. The molecule has 1 fully saturated rings. The molecule has 0 saturated carbocycles. The Bertz CT molecular complexity index is 1210. The number of carbonyl (C=O) groups excluding carboxylic acids is 1. The maximum absolute atomic E-state index is 12.9. The average molecular weight is 478 g/mol. The van der Waals surface area contributed by atoms with Crippen LogP contribution in [0.15, 0.2) is 40.8 Å². The van der Waals surface area contributed by atoms with E-state index in [0.29, 0.717) is 18.7 Å². The molecule has 1 atom stereocenters. The second kappa shape index (κ2) is 10.1. The van der Waals surface area contributed by atoms with Crippen molar-refractivity contribution in [3.63, 3.8) is 0 Å². The number of carbonyl (C=O) groups is 1. The normalized spacial score (nSPS) is 18.3. The lowest BCUT2D eigenvalue weighted by Gasteiger charge is -2.29. The molecule has 1 aromatic heterocycles. The van der Waals surface area contributed by atoms with Gasteiger partial charge >= 0.3 is 6.03 Å². The van der Waals surface area contributed by atoms with Crippen LogP contribution >= 0.6 is 11.8 Å². The third-order valence-corrected chi connectivity index (χ3v) is 8.06. The van der Waals surface area contributed by atoms with Gasteiger partial charge in [-0.15, -0.1) is 0 Å². The van der Waals surface area contributed by atoms with Crippen LogP contribution in [0.3, 0.4) is 0 Å². The summed E-state index contributed by atoms with van der Waals surface area (Å²) in [5.74, 6) is 1.44. The highest BCUT2D eigenvalue weighted by Gasteiger charge is 2.30. The molecule has 2 amide bonds. The molecule has 4 rings (SSSR count). The zero-order valence-corrected chi connectivity index (χ0v) is 20.0. The number of rotatable bonds is 3. The number of urea groups is 1. The summed E-state index contributed by atoms with van der Waals surface area (Å²) >= 11 is 1.54. The van der Waals surface area contributed by atoms with Crippen molar-refractivity contribution in [1.29, 1.82) is 10.5 Å². The molecule has 2 N–H and O–H groups in total. The summed E-state index contributed by atoms with van der Waals surface area (Å²) in [6.07, 6.45) is 1.87. The van der Waals surface area contributed by atoms with E-state index in [9.17, 15) is 10.1 Å². The van der Waals surface area contributed by atoms with Crippen molar-refractivity contribution in [1.82, 2.24) is 20.5 Å². The number of nitrogens with one attached hydrogen (secondary N) is 2. The summed E-state index contributed by atoms with van der Waals surface area (Å²) in [6, 6.07) is 13.5. The average Bonchev–Trinajstić information content (AvgIpc) is 3.23. The highest BCUT2D eigenvalue weighted by Crippen LogP contribution is 2.41. The number of pyridine rings is 1. The Hall–Kier alpha value is -3.34. The van der Waals surface area contributed by atoms with Crippen LogP contribution < -0.4 is 10.6 Å². The Kier molecular flexibility index (Phi) is 6.97. The molecule has 2 aliphatic heterocycles. The zero-order chi connectivity index (χ0) is 23.4. The van der Waals surface area contributed by atoms with Gasteiger partial charge in [-0.3, -0.25) is 4.98 Å². The molecule has 0 aliphatic carbocycles. The number of nitrogens with zero attached hydrogens (tertiary/aromatic N) is 5. The number of amides is 2. The minimum absolute atomic E-state index is 0.145. The van der Waals surface area contributed by atoms with Gasteiger partial charge in [0.2, 0.25) is 6.19 Å². The van der Waals surface area contributed by atoms with Crippen molar-refractivity contribution >= 4 is 39.1 Å². The smallest absolute Gasteiger partial charge is 0.319 e. The molecular weight excluding hydrogens is 454 g/mol. The van der Waals surface area contributed by atoms with Crippen LogP contribution in [0, 0.1) is 36.6 Å². The first kappa shape index (κ1) is 22.8. The van der Waals surface area contributed by atoms with Crippen LogP contribution in [0.25, 0.3) is 10.6 Å². The summed E-state index contributed by atoms with van der Waals surface area (Å²) in [5.41, 5.74) is 4.84. The van der Waals surface area contributed by atoms with Crippen LogP contribution in [0.2, 0.25) is 0 Å². The highest BCUT2D eigenvalue weighted by atomic mass is 32.2. The van der Waals surface area contributed by atoms with Gasteiger partial charge in [-0.05, 0) is 43.7 Å².